The molecule has 1 aliphatic rings. The van der Waals surface area contributed by atoms with Crippen molar-refractivity contribution in [3.8, 4) is 5.75 Å². The monoisotopic (exact) mass is 494 g/mol. The molecule has 0 bridgehead atoms. The van der Waals surface area contributed by atoms with Crippen LogP contribution in [0.15, 0.2) is 41.4 Å². The molecule has 3 N–H and O–H groups in total. The first kappa shape index (κ1) is 25.7. The smallest absolute Gasteiger partial charge is 0.338 e. The van der Waals surface area contributed by atoms with Crippen LogP contribution in [0.2, 0.25) is 0 Å². The molecule has 11 nitrogen and oxygen atoms in total. The Balaban J connectivity index is 1.47. The standard InChI is InChI=1S/C22H30N4O7S/c1-3-32-22(29)16-4-6-18(7-5-16)33-15-17(27)13-25-8-10-26(11-9-25)34(30,31)19-12-20(21(23)28)24(2)14-19/h4-7,12,14,17,27H,3,8-11,13,15H2,1-2H3,(H2,23,28)/t17-/m0/s1. The second-order valence-electron chi connectivity index (χ2n) is 7.95. The van der Waals surface area contributed by atoms with Gasteiger partial charge in [-0.05, 0) is 37.3 Å². The number of piperazine rings is 1. The number of benzene rings is 1. The van der Waals surface area contributed by atoms with Crippen LogP contribution in [0.5, 0.6) is 5.75 Å². The third-order valence-corrected chi connectivity index (χ3v) is 7.34. The lowest BCUT2D eigenvalue weighted by Gasteiger charge is -2.34. The van der Waals surface area contributed by atoms with Gasteiger partial charge in [0.2, 0.25) is 10.0 Å². The van der Waals surface area contributed by atoms with Crippen molar-refractivity contribution in [2.45, 2.75) is 17.9 Å². The van der Waals surface area contributed by atoms with Crippen LogP contribution in [-0.4, -0.2) is 91.2 Å². The lowest BCUT2D eigenvalue weighted by Crippen LogP contribution is -2.50. The summed E-state index contributed by atoms with van der Waals surface area (Å²) in [6.07, 6.45) is 0.599. The number of aliphatic hydroxyl groups is 1. The number of aryl methyl sites for hydroxylation is 1. The number of carbonyl (C=O) groups is 2. The molecule has 1 saturated heterocycles. The first-order valence-electron chi connectivity index (χ1n) is 10.9. The number of nitrogens with zero attached hydrogens (tertiary/aromatic N) is 3. The first-order valence-corrected chi connectivity index (χ1v) is 12.3. The van der Waals surface area contributed by atoms with Gasteiger partial charge in [-0.3, -0.25) is 9.69 Å². The van der Waals surface area contributed by atoms with Gasteiger partial charge in [-0.25, -0.2) is 13.2 Å². The number of amides is 1. The Kier molecular flexibility index (Phi) is 8.31. The first-order chi connectivity index (χ1) is 16.1. The molecule has 2 heterocycles. The van der Waals surface area contributed by atoms with E-state index in [0.29, 0.717) is 37.6 Å². The molecule has 1 aromatic heterocycles. The van der Waals surface area contributed by atoms with Crippen LogP contribution in [0.25, 0.3) is 0 Å². The van der Waals surface area contributed by atoms with E-state index in [9.17, 15) is 23.1 Å². The molecule has 0 spiro atoms. The third-order valence-electron chi connectivity index (χ3n) is 5.48. The third kappa shape index (κ3) is 6.14. The highest BCUT2D eigenvalue weighted by atomic mass is 32.2. The maximum atomic E-state index is 12.9. The number of esters is 1. The minimum Gasteiger partial charge on any atom is -0.491 e. The van der Waals surface area contributed by atoms with Gasteiger partial charge in [0.15, 0.2) is 0 Å². The summed E-state index contributed by atoms with van der Waals surface area (Å²) in [5.74, 6) is -0.586. The summed E-state index contributed by atoms with van der Waals surface area (Å²) in [5, 5.41) is 10.3. The SMILES string of the molecule is CCOC(=O)c1ccc(OC[C@@H](O)CN2CCN(S(=O)(=O)c3cc(C(N)=O)n(C)c3)CC2)cc1. The molecule has 0 saturated carbocycles. The summed E-state index contributed by atoms with van der Waals surface area (Å²) < 4.78 is 39.1. The average Bonchev–Trinajstić information content (AvgIpc) is 3.21. The van der Waals surface area contributed by atoms with Gasteiger partial charge in [-0.15, -0.1) is 0 Å². The number of rotatable bonds is 10. The van der Waals surface area contributed by atoms with Gasteiger partial charge in [0, 0.05) is 46.0 Å². The van der Waals surface area contributed by atoms with E-state index in [1.54, 1.807) is 38.2 Å². The molecule has 12 heteroatoms. The molecule has 1 aromatic carbocycles. The van der Waals surface area contributed by atoms with Crippen LogP contribution >= 0.6 is 0 Å². The minimum atomic E-state index is -3.75. The van der Waals surface area contributed by atoms with Crippen molar-refractivity contribution >= 4 is 21.9 Å². The summed E-state index contributed by atoms with van der Waals surface area (Å²) in [5.41, 5.74) is 5.82. The van der Waals surface area contributed by atoms with Gasteiger partial charge in [0.25, 0.3) is 5.91 Å². The van der Waals surface area contributed by atoms with Gasteiger partial charge in [-0.1, -0.05) is 0 Å². The van der Waals surface area contributed by atoms with Crippen molar-refractivity contribution in [3.63, 3.8) is 0 Å². The van der Waals surface area contributed by atoms with Crippen molar-refractivity contribution in [1.29, 1.82) is 0 Å². The second-order valence-corrected chi connectivity index (χ2v) is 9.89. The van der Waals surface area contributed by atoms with Gasteiger partial charge in [-0.2, -0.15) is 4.31 Å². The lowest BCUT2D eigenvalue weighted by atomic mass is 10.2. The molecule has 34 heavy (non-hydrogen) atoms. The largest absolute Gasteiger partial charge is 0.491 e. The van der Waals surface area contributed by atoms with E-state index >= 15 is 0 Å². The van der Waals surface area contributed by atoms with Gasteiger partial charge < -0.3 is 24.9 Å². The number of aliphatic hydroxyl groups excluding tert-OH is 1. The predicted octanol–water partition coefficient (Wildman–Crippen LogP) is 0.0469. The van der Waals surface area contributed by atoms with Crippen molar-refractivity contribution < 1.29 is 32.6 Å². The number of primary amides is 1. The van der Waals surface area contributed by atoms with Crippen molar-refractivity contribution in [2.24, 2.45) is 12.8 Å². The maximum absolute atomic E-state index is 12.9. The van der Waals surface area contributed by atoms with Gasteiger partial charge in [0.05, 0.1) is 12.2 Å². The molecule has 0 radical (unpaired) electrons. The lowest BCUT2D eigenvalue weighted by molar-refractivity contribution is 0.0523. The van der Waals surface area contributed by atoms with E-state index in [4.69, 9.17) is 15.2 Å². The number of carbonyl (C=O) groups excluding carboxylic acids is 2. The van der Waals surface area contributed by atoms with Crippen molar-refractivity contribution in [1.82, 2.24) is 13.8 Å². The molecule has 1 aliphatic heterocycles. The number of β-amino-alcohol motifs (C(OH)–C–C–N with tert-alkyl or cyclic N) is 1. The average molecular weight is 495 g/mol. The number of nitrogens with two attached hydrogens (primary N) is 1. The highest BCUT2D eigenvalue weighted by molar-refractivity contribution is 7.89. The van der Waals surface area contributed by atoms with E-state index in [1.807, 2.05) is 4.90 Å². The highest BCUT2D eigenvalue weighted by Crippen LogP contribution is 2.20. The number of sulfonamides is 1. The van der Waals surface area contributed by atoms with Crippen LogP contribution in [0.1, 0.15) is 27.8 Å². The molecule has 186 valence electrons. The van der Waals surface area contributed by atoms with Gasteiger partial charge in [0.1, 0.15) is 29.0 Å². The summed E-state index contributed by atoms with van der Waals surface area (Å²) >= 11 is 0. The Bertz CT molecular complexity index is 1110. The van der Waals surface area contributed by atoms with Crippen molar-refractivity contribution in [2.75, 3.05) is 45.9 Å². The molecule has 1 fully saturated rings. The summed E-state index contributed by atoms with van der Waals surface area (Å²) in [4.78, 5) is 25.1. The molecule has 1 atom stereocenters. The van der Waals surface area contributed by atoms with E-state index in [2.05, 4.69) is 0 Å². The van der Waals surface area contributed by atoms with Gasteiger partial charge >= 0.3 is 5.97 Å². The minimum absolute atomic E-state index is 0.0275. The fourth-order valence-corrected chi connectivity index (χ4v) is 5.16. The highest BCUT2D eigenvalue weighted by Gasteiger charge is 2.30. The van der Waals surface area contributed by atoms with Crippen LogP contribution in [-0.2, 0) is 21.8 Å². The summed E-state index contributed by atoms with van der Waals surface area (Å²) in [7, 11) is -2.19. The molecule has 1 amide bonds. The number of ether oxygens (including phenoxy) is 2. The van der Waals surface area contributed by atoms with E-state index in [0.717, 1.165) is 0 Å². The van der Waals surface area contributed by atoms with Crippen LogP contribution in [0.4, 0.5) is 0 Å². The Hall–Kier alpha value is -2.93. The Morgan fingerprint density at radius 3 is 2.35 bits per heavy atom. The fraction of sp³-hybridized carbons (Fsp3) is 0.455. The number of hydrogen-bond acceptors (Lipinski definition) is 8. The summed E-state index contributed by atoms with van der Waals surface area (Å²) in [6.45, 7) is 3.81. The van der Waals surface area contributed by atoms with Crippen molar-refractivity contribution in [3.05, 3.63) is 47.8 Å². The maximum Gasteiger partial charge on any atom is 0.338 e. The number of aromatic nitrogens is 1. The quantitative estimate of drug-likeness (QED) is 0.441. The summed E-state index contributed by atoms with van der Waals surface area (Å²) in [6, 6.07) is 7.74. The molecular formula is C22H30N4O7S. The molecular weight excluding hydrogens is 464 g/mol. The predicted molar refractivity (Wildman–Crippen MR) is 123 cm³/mol. The zero-order valence-electron chi connectivity index (χ0n) is 19.2. The Morgan fingerprint density at radius 1 is 1.15 bits per heavy atom. The molecule has 2 aromatic rings. The van der Waals surface area contributed by atoms with Crippen LogP contribution < -0.4 is 10.5 Å². The Morgan fingerprint density at radius 2 is 1.79 bits per heavy atom. The number of hydrogen-bond donors (Lipinski definition) is 2. The normalized spacial score (nSPS) is 16.2. The fourth-order valence-electron chi connectivity index (χ4n) is 3.67. The van der Waals surface area contributed by atoms with Crippen LogP contribution in [0.3, 0.4) is 0 Å². The van der Waals surface area contributed by atoms with E-state index < -0.39 is 28.0 Å². The second kappa shape index (κ2) is 11.0. The van der Waals surface area contributed by atoms with E-state index in [1.165, 1.54) is 21.1 Å². The van der Waals surface area contributed by atoms with Crippen LogP contribution in [0, 0.1) is 0 Å². The zero-order chi connectivity index (χ0) is 24.9. The zero-order valence-corrected chi connectivity index (χ0v) is 20.0. The Labute approximate surface area is 198 Å². The molecule has 3 rings (SSSR count). The van der Waals surface area contributed by atoms with E-state index in [-0.39, 0.29) is 30.3 Å². The topological polar surface area (TPSA) is 144 Å². The molecule has 0 unspecified atom stereocenters. The molecule has 0 aliphatic carbocycles.